The van der Waals surface area contributed by atoms with Crippen LogP contribution in [-0.4, -0.2) is 33.7 Å². The Labute approximate surface area is 149 Å². The number of pyridine rings is 1. The number of nitrogens with one attached hydrogen (secondary N) is 1. The summed E-state index contributed by atoms with van der Waals surface area (Å²) in [5.41, 5.74) is 4.36. The minimum absolute atomic E-state index is 0.729. The topological polar surface area (TPSA) is 58.4 Å². The maximum absolute atomic E-state index is 4.64. The molecule has 0 saturated carbocycles. The molecule has 0 aliphatic carbocycles. The first kappa shape index (κ1) is 15.6. The molecule has 0 amide bonds. The van der Waals surface area contributed by atoms with Gasteiger partial charge in [-0.1, -0.05) is 23.5 Å². The summed E-state index contributed by atoms with van der Waals surface area (Å²) >= 11 is 1.54. The average molecular weight is 350 g/mol. The van der Waals surface area contributed by atoms with Crippen LogP contribution in [0, 0.1) is 0 Å². The van der Waals surface area contributed by atoms with Crippen LogP contribution < -0.4 is 10.2 Å². The van der Waals surface area contributed by atoms with E-state index in [0.29, 0.717) is 0 Å². The molecule has 4 rings (SSSR count). The first-order valence-corrected chi connectivity index (χ1v) is 8.77. The van der Waals surface area contributed by atoms with Gasteiger partial charge in [-0.25, -0.2) is 9.50 Å². The van der Waals surface area contributed by atoms with Crippen molar-refractivity contribution in [1.82, 2.24) is 19.6 Å². The Balaban J connectivity index is 1.52. The molecule has 25 heavy (non-hydrogen) atoms. The van der Waals surface area contributed by atoms with Gasteiger partial charge in [0, 0.05) is 44.3 Å². The molecule has 6 nitrogen and oxygen atoms in total. The van der Waals surface area contributed by atoms with Crippen LogP contribution in [0.4, 0.5) is 10.8 Å². The van der Waals surface area contributed by atoms with Crippen molar-refractivity contribution >= 4 is 27.1 Å². The fourth-order valence-electron chi connectivity index (χ4n) is 2.56. The Bertz CT molecular complexity index is 972. The van der Waals surface area contributed by atoms with Gasteiger partial charge in [0.2, 0.25) is 10.1 Å². The van der Waals surface area contributed by atoms with Gasteiger partial charge in [-0.15, -0.1) is 5.10 Å². The monoisotopic (exact) mass is 350 g/mol. The van der Waals surface area contributed by atoms with Crippen molar-refractivity contribution < 1.29 is 0 Å². The van der Waals surface area contributed by atoms with Gasteiger partial charge in [-0.2, -0.15) is 0 Å². The highest BCUT2D eigenvalue weighted by molar-refractivity contribution is 7.20. The molecule has 1 N–H and O–H groups in total. The highest BCUT2D eigenvalue weighted by atomic mass is 32.1. The van der Waals surface area contributed by atoms with Crippen molar-refractivity contribution in [3.8, 4) is 11.3 Å². The molecule has 0 spiro atoms. The van der Waals surface area contributed by atoms with Gasteiger partial charge in [-0.3, -0.25) is 4.98 Å². The zero-order valence-corrected chi connectivity index (χ0v) is 14.9. The minimum atomic E-state index is 0.729. The van der Waals surface area contributed by atoms with Crippen LogP contribution >= 0.6 is 11.3 Å². The molecule has 0 bridgehead atoms. The SMILES string of the molecule is CN(C)c1ccc(CNc2nn3c(-c4cccnc4)cnc3s2)cc1. The lowest BCUT2D eigenvalue weighted by Crippen LogP contribution is -2.08. The number of hydrogen-bond donors (Lipinski definition) is 1. The Morgan fingerprint density at radius 2 is 1.96 bits per heavy atom. The van der Waals surface area contributed by atoms with Crippen molar-refractivity contribution in [3.63, 3.8) is 0 Å². The summed E-state index contributed by atoms with van der Waals surface area (Å²) < 4.78 is 1.86. The second kappa shape index (κ2) is 6.52. The van der Waals surface area contributed by atoms with E-state index in [1.165, 1.54) is 11.3 Å². The van der Waals surface area contributed by atoms with Crippen LogP contribution in [0.1, 0.15) is 5.56 Å². The molecule has 0 saturated heterocycles. The Morgan fingerprint density at radius 1 is 1.12 bits per heavy atom. The van der Waals surface area contributed by atoms with Gasteiger partial charge < -0.3 is 10.2 Å². The van der Waals surface area contributed by atoms with E-state index >= 15 is 0 Å². The van der Waals surface area contributed by atoms with E-state index in [-0.39, 0.29) is 0 Å². The number of hydrogen-bond acceptors (Lipinski definition) is 6. The van der Waals surface area contributed by atoms with Gasteiger partial charge >= 0.3 is 0 Å². The highest BCUT2D eigenvalue weighted by Crippen LogP contribution is 2.25. The minimum Gasteiger partial charge on any atom is -0.378 e. The summed E-state index contributed by atoms with van der Waals surface area (Å²) in [6.07, 6.45) is 5.42. The number of anilines is 2. The summed E-state index contributed by atoms with van der Waals surface area (Å²) in [5.74, 6) is 0. The van der Waals surface area contributed by atoms with Gasteiger partial charge in [0.05, 0.1) is 11.9 Å². The number of aromatic nitrogens is 4. The van der Waals surface area contributed by atoms with Crippen molar-refractivity contribution in [3.05, 3.63) is 60.6 Å². The van der Waals surface area contributed by atoms with E-state index in [4.69, 9.17) is 0 Å². The predicted molar refractivity (Wildman–Crippen MR) is 102 cm³/mol. The van der Waals surface area contributed by atoms with Crippen molar-refractivity contribution in [1.29, 1.82) is 0 Å². The summed E-state index contributed by atoms with van der Waals surface area (Å²) in [6.45, 7) is 0.729. The van der Waals surface area contributed by atoms with Gasteiger partial charge in [0.25, 0.3) is 0 Å². The summed E-state index contributed by atoms with van der Waals surface area (Å²) in [4.78, 5) is 11.6. The molecule has 1 aromatic carbocycles. The molecule has 3 heterocycles. The molecule has 0 fully saturated rings. The molecule has 4 aromatic rings. The number of fused-ring (bicyclic) bond motifs is 1. The molecule has 0 unspecified atom stereocenters. The first-order valence-electron chi connectivity index (χ1n) is 7.96. The normalized spacial score (nSPS) is 11.0. The highest BCUT2D eigenvalue weighted by Gasteiger charge is 2.11. The van der Waals surface area contributed by atoms with Crippen LogP contribution in [0.5, 0.6) is 0 Å². The summed E-state index contributed by atoms with van der Waals surface area (Å²) in [5, 5.41) is 8.87. The van der Waals surface area contributed by atoms with Crippen LogP contribution in [0.15, 0.2) is 55.0 Å². The lowest BCUT2D eigenvalue weighted by Gasteiger charge is -2.12. The third-order valence-corrected chi connectivity index (χ3v) is 4.82. The van der Waals surface area contributed by atoms with E-state index in [2.05, 4.69) is 49.5 Å². The fraction of sp³-hybridized carbons (Fsp3) is 0.167. The van der Waals surface area contributed by atoms with Crippen molar-refractivity contribution in [2.24, 2.45) is 0 Å². The molecule has 7 heteroatoms. The standard InChI is InChI=1S/C18H18N6S/c1-23(2)15-7-5-13(6-8-15)10-20-17-22-24-16(12-21-18(24)25-17)14-4-3-9-19-11-14/h3-9,11-12H,10H2,1-2H3,(H,20,22). The van der Waals surface area contributed by atoms with Crippen molar-refractivity contribution in [2.75, 3.05) is 24.3 Å². The average Bonchev–Trinajstić information content (AvgIpc) is 3.21. The summed E-state index contributed by atoms with van der Waals surface area (Å²) in [6, 6.07) is 12.4. The predicted octanol–water partition coefficient (Wildman–Crippen LogP) is 3.53. The maximum atomic E-state index is 4.64. The van der Waals surface area contributed by atoms with Crippen molar-refractivity contribution in [2.45, 2.75) is 6.54 Å². The number of benzene rings is 1. The third-order valence-electron chi connectivity index (χ3n) is 3.94. The molecule has 3 aromatic heterocycles. The second-order valence-electron chi connectivity index (χ2n) is 5.90. The molecule has 0 aliphatic rings. The lowest BCUT2D eigenvalue weighted by atomic mass is 10.2. The zero-order valence-electron chi connectivity index (χ0n) is 14.0. The summed E-state index contributed by atoms with van der Waals surface area (Å²) in [7, 11) is 4.08. The van der Waals surface area contributed by atoms with Gasteiger partial charge in [0.15, 0.2) is 0 Å². The quantitative estimate of drug-likeness (QED) is 0.597. The lowest BCUT2D eigenvalue weighted by molar-refractivity contribution is 0.967. The van der Waals surface area contributed by atoms with Crippen LogP contribution in [0.3, 0.4) is 0 Å². The number of rotatable bonds is 5. The zero-order chi connectivity index (χ0) is 17.2. The maximum Gasteiger partial charge on any atom is 0.214 e. The van der Waals surface area contributed by atoms with Crippen LogP contribution in [-0.2, 0) is 6.54 Å². The Kier molecular flexibility index (Phi) is 4.07. The van der Waals surface area contributed by atoms with E-state index in [9.17, 15) is 0 Å². The van der Waals surface area contributed by atoms with Gasteiger partial charge in [0.1, 0.15) is 0 Å². The van der Waals surface area contributed by atoms with E-state index in [0.717, 1.165) is 27.9 Å². The van der Waals surface area contributed by atoms with Crippen LogP contribution in [0.2, 0.25) is 0 Å². The van der Waals surface area contributed by atoms with E-state index < -0.39 is 0 Å². The molecular weight excluding hydrogens is 332 g/mol. The molecule has 0 aliphatic heterocycles. The number of imidazole rings is 1. The third kappa shape index (κ3) is 3.18. The Hall–Kier alpha value is -2.93. The number of nitrogens with zero attached hydrogens (tertiary/aromatic N) is 5. The largest absolute Gasteiger partial charge is 0.378 e. The Morgan fingerprint density at radius 3 is 2.68 bits per heavy atom. The first-order chi connectivity index (χ1) is 12.2. The fourth-order valence-corrected chi connectivity index (χ4v) is 3.34. The van der Waals surface area contributed by atoms with E-state index in [1.54, 1.807) is 17.5 Å². The molecule has 126 valence electrons. The smallest absolute Gasteiger partial charge is 0.214 e. The van der Waals surface area contributed by atoms with Gasteiger partial charge in [-0.05, 0) is 29.8 Å². The molecule has 0 radical (unpaired) electrons. The van der Waals surface area contributed by atoms with Crippen LogP contribution in [0.25, 0.3) is 16.2 Å². The molecular formula is C18H18N6S. The second-order valence-corrected chi connectivity index (χ2v) is 6.86. The van der Waals surface area contributed by atoms with E-state index in [1.807, 2.05) is 43.1 Å². The molecule has 0 atom stereocenters.